The number of aromatic nitrogens is 2. The molecular formula is C18H19N3. The van der Waals surface area contributed by atoms with Crippen LogP contribution in [0.4, 0.5) is 0 Å². The third kappa shape index (κ3) is 2.88. The van der Waals surface area contributed by atoms with Gasteiger partial charge in [-0.15, -0.1) is 0 Å². The van der Waals surface area contributed by atoms with E-state index in [1.165, 1.54) is 16.7 Å². The highest BCUT2D eigenvalue weighted by Crippen LogP contribution is 2.25. The van der Waals surface area contributed by atoms with Gasteiger partial charge >= 0.3 is 0 Å². The molecule has 0 radical (unpaired) electrons. The largest absolute Gasteiger partial charge is 0.316 e. The molecule has 0 aliphatic carbocycles. The van der Waals surface area contributed by atoms with Crippen LogP contribution in [0.15, 0.2) is 60.9 Å². The van der Waals surface area contributed by atoms with Crippen molar-refractivity contribution in [3.8, 4) is 16.8 Å². The molecule has 3 aromatic rings. The zero-order valence-electron chi connectivity index (χ0n) is 12.4. The summed E-state index contributed by atoms with van der Waals surface area (Å²) in [6.07, 6.45) is 4.02. The van der Waals surface area contributed by atoms with Crippen molar-refractivity contribution in [2.24, 2.45) is 0 Å². The summed E-state index contributed by atoms with van der Waals surface area (Å²) in [7, 11) is 1.97. The maximum absolute atomic E-state index is 4.49. The smallest absolute Gasteiger partial charge is 0.0645 e. The third-order valence-electron chi connectivity index (χ3n) is 3.55. The van der Waals surface area contributed by atoms with E-state index in [1.54, 1.807) is 0 Å². The minimum atomic E-state index is 0.853. The van der Waals surface area contributed by atoms with E-state index in [0.29, 0.717) is 0 Å². The molecule has 0 spiro atoms. The molecule has 0 aliphatic rings. The van der Waals surface area contributed by atoms with Gasteiger partial charge in [0, 0.05) is 18.3 Å². The first-order chi connectivity index (χ1) is 10.3. The fourth-order valence-corrected chi connectivity index (χ4v) is 2.49. The van der Waals surface area contributed by atoms with Crippen LogP contribution in [0.2, 0.25) is 0 Å². The van der Waals surface area contributed by atoms with E-state index < -0.39 is 0 Å². The molecule has 0 saturated heterocycles. The summed E-state index contributed by atoms with van der Waals surface area (Å²) in [5, 5.41) is 7.71. The Labute approximate surface area is 125 Å². The van der Waals surface area contributed by atoms with Gasteiger partial charge < -0.3 is 5.32 Å². The fourth-order valence-electron chi connectivity index (χ4n) is 2.49. The maximum atomic E-state index is 4.49. The Morgan fingerprint density at radius 1 is 1.10 bits per heavy atom. The minimum absolute atomic E-state index is 0.853. The van der Waals surface area contributed by atoms with Gasteiger partial charge in [0.05, 0.1) is 11.9 Å². The number of nitrogens with one attached hydrogen (secondary N) is 1. The average molecular weight is 277 g/mol. The Balaban J connectivity index is 2.02. The van der Waals surface area contributed by atoms with Crippen LogP contribution in [-0.4, -0.2) is 16.8 Å². The SMILES string of the molecule is CNCc1ccc(C)cc1-c1cnn(-c2ccccc2)c1. The van der Waals surface area contributed by atoms with Crippen molar-refractivity contribution in [3.63, 3.8) is 0 Å². The lowest BCUT2D eigenvalue weighted by molar-refractivity contribution is 0.819. The van der Waals surface area contributed by atoms with Crippen molar-refractivity contribution in [2.45, 2.75) is 13.5 Å². The molecule has 21 heavy (non-hydrogen) atoms. The van der Waals surface area contributed by atoms with Crippen LogP contribution in [0.5, 0.6) is 0 Å². The number of aryl methyl sites for hydroxylation is 1. The second-order valence-corrected chi connectivity index (χ2v) is 5.20. The predicted molar refractivity (Wildman–Crippen MR) is 86.5 cm³/mol. The summed E-state index contributed by atoms with van der Waals surface area (Å²) in [5.74, 6) is 0. The molecule has 0 fully saturated rings. The van der Waals surface area contributed by atoms with Gasteiger partial charge in [0.25, 0.3) is 0 Å². The van der Waals surface area contributed by atoms with Gasteiger partial charge in [-0.05, 0) is 37.2 Å². The first-order valence-corrected chi connectivity index (χ1v) is 7.12. The Morgan fingerprint density at radius 3 is 2.67 bits per heavy atom. The highest BCUT2D eigenvalue weighted by Gasteiger charge is 2.08. The van der Waals surface area contributed by atoms with E-state index in [-0.39, 0.29) is 0 Å². The average Bonchev–Trinajstić information content (AvgIpc) is 3.00. The standard InChI is InChI=1S/C18H19N3/c1-14-8-9-15(11-19-2)18(10-14)16-12-20-21(13-16)17-6-4-3-5-7-17/h3-10,12-13,19H,11H2,1-2H3. The monoisotopic (exact) mass is 277 g/mol. The van der Waals surface area contributed by atoms with Gasteiger partial charge in [0.15, 0.2) is 0 Å². The van der Waals surface area contributed by atoms with Crippen molar-refractivity contribution in [1.82, 2.24) is 15.1 Å². The number of para-hydroxylation sites is 1. The molecule has 0 unspecified atom stereocenters. The van der Waals surface area contributed by atoms with Gasteiger partial charge in [-0.2, -0.15) is 5.10 Å². The molecule has 0 bridgehead atoms. The Morgan fingerprint density at radius 2 is 1.90 bits per heavy atom. The number of hydrogen-bond donors (Lipinski definition) is 1. The number of hydrogen-bond acceptors (Lipinski definition) is 2. The van der Waals surface area contributed by atoms with E-state index in [0.717, 1.165) is 17.8 Å². The Hall–Kier alpha value is -2.39. The van der Waals surface area contributed by atoms with Crippen LogP contribution in [0.3, 0.4) is 0 Å². The first kappa shape index (κ1) is 13.6. The summed E-state index contributed by atoms with van der Waals surface area (Å²) in [6.45, 7) is 2.97. The molecule has 1 heterocycles. The lowest BCUT2D eigenvalue weighted by Crippen LogP contribution is -2.06. The van der Waals surface area contributed by atoms with Crippen LogP contribution in [0, 0.1) is 6.92 Å². The van der Waals surface area contributed by atoms with E-state index in [2.05, 4.69) is 53.9 Å². The van der Waals surface area contributed by atoms with Crippen LogP contribution in [0.25, 0.3) is 16.8 Å². The normalized spacial score (nSPS) is 10.8. The topological polar surface area (TPSA) is 29.9 Å². The summed E-state index contributed by atoms with van der Waals surface area (Å²) in [5.41, 5.74) is 6.01. The number of benzene rings is 2. The predicted octanol–water partition coefficient (Wildman–Crippen LogP) is 3.57. The minimum Gasteiger partial charge on any atom is -0.316 e. The Kier molecular flexibility index (Phi) is 3.84. The van der Waals surface area contributed by atoms with Crippen molar-refractivity contribution in [3.05, 3.63) is 72.1 Å². The zero-order chi connectivity index (χ0) is 14.7. The van der Waals surface area contributed by atoms with Gasteiger partial charge in [-0.1, -0.05) is 42.0 Å². The number of rotatable bonds is 4. The van der Waals surface area contributed by atoms with Gasteiger partial charge in [0.1, 0.15) is 0 Å². The van der Waals surface area contributed by atoms with Crippen LogP contribution in [-0.2, 0) is 6.54 Å². The molecule has 0 saturated carbocycles. The molecule has 0 atom stereocenters. The third-order valence-corrected chi connectivity index (χ3v) is 3.55. The summed E-state index contributed by atoms with van der Waals surface area (Å²) >= 11 is 0. The van der Waals surface area contributed by atoms with Gasteiger partial charge in [-0.25, -0.2) is 4.68 Å². The molecule has 1 N–H and O–H groups in total. The second-order valence-electron chi connectivity index (χ2n) is 5.20. The fraction of sp³-hybridized carbons (Fsp3) is 0.167. The van der Waals surface area contributed by atoms with Gasteiger partial charge in [0.2, 0.25) is 0 Å². The lowest BCUT2D eigenvalue weighted by Gasteiger charge is -2.08. The molecule has 1 aromatic heterocycles. The molecule has 3 heteroatoms. The van der Waals surface area contributed by atoms with Gasteiger partial charge in [-0.3, -0.25) is 0 Å². The van der Waals surface area contributed by atoms with E-state index in [4.69, 9.17) is 0 Å². The number of nitrogens with zero attached hydrogens (tertiary/aromatic N) is 2. The Bertz CT molecular complexity index is 729. The molecule has 3 rings (SSSR count). The molecular weight excluding hydrogens is 258 g/mol. The van der Waals surface area contributed by atoms with Crippen molar-refractivity contribution < 1.29 is 0 Å². The highest BCUT2D eigenvalue weighted by molar-refractivity contribution is 5.67. The summed E-state index contributed by atoms with van der Waals surface area (Å²) in [4.78, 5) is 0. The zero-order valence-corrected chi connectivity index (χ0v) is 12.4. The summed E-state index contributed by atoms with van der Waals surface area (Å²) < 4.78 is 1.92. The molecule has 0 amide bonds. The van der Waals surface area contributed by atoms with Crippen molar-refractivity contribution in [2.75, 3.05) is 7.05 Å². The quantitative estimate of drug-likeness (QED) is 0.790. The van der Waals surface area contributed by atoms with Crippen molar-refractivity contribution >= 4 is 0 Å². The van der Waals surface area contributed by atoms with Crippen molar-refractivity contribution in [1.29, 1.82) is 0 Å². The molecule has 2 aromatic carbocycles. The van der Waals surface area contributed by atoms with Crippen LogP contribution < -0.4 is 5.32 Å². The second kappa shape index (κ2) is 5.94. The van der Waals surface area contributed by atoms with Crippen LogP contribution >= 0.6 is 0 Å². The van der Waals surface area contributed by atoms with E-state index >= 15 is 0 Å². The molecule has 106 valence electrons. The molecule has 3 nitrogen and oxygen atoms in total. The van der Waals surface area contributed by atoms with E-state index in [9.17, 15) is 0 Å². The maximum Gasteiger partial charge on any atom is 0.0645 e. The first-order valence-electron chi connectivity index (χ1n) is 7.12. The van der Waals surface area contributed by atoms with E-state index in [1.807, 2.05) is 36.1 Å². The van der Waals surface area contributed by atoms with Crippen LogP contribution in [0.1, 0.15) is 11.1 Å². The highest BCUT2D eigenvalue weighted by atomic mass is 15.3. The lowest BCUT2D eigenvalue weighted by atomic mass is 10.00. The molecule has 0 aliphatic heterocycles. The summed E-state index contributed by atoms with van der Waals surface area (Å²) in [6, 6.07) is 16.7.